The summed E-state index contributed by atoms with van der Waals surface area (Å²) >= 11 is 3.20. The average Bonchev–Trinajstić information content (AvgIpc) is 3.07. The molecule has 1 saturated carbocycles. The van der Waals surface area contributed by atoms with E-state index in [-0.39, 0.29) is 24.1 Å². The molecule has 1 atom stereocenters. The van der Waals surface area contributed by atoms with Gasteiger partial charge in [0.1, 0.15) is 5.82 Å². The van der Waals surface area contributed by atoms with Crippen molar-refractivity contribution in [3.63, 3.8) is 0 Å². The molecule has 1 aromatic rings. The molecular formula is C12H14BrFN2O. The molecule has 0 aliphatic heterocycles. The van der Waals surface area contributed by atoms with Crippen LogP contribution in [0.15, 0.2) is 22.7 Å². The number of rotatable bonds is 4. The molecule has 1 unspecified atom stereocenters. The maximum absolute atomic E-state index is 13.4. The predicted molar refractivity (Wildman–Crippen MR) is 68.0 cm³/mol. The van der Waals surface area contributed by atoms with Crippen LogP contribution in [0.25, 0.3) is 0 Å². The van der Waals surface area contributed by atoms with Gasteiger partial charge in [0.15, 0.2) is 0 Å². The Balaban J connectivity index is 1.97. The highest BCUT2D eigenvalue weighted by Crippen LogP contribution is 2.33. The van der Waals surface area contributed by atoms with Gasteiger partial charge in [-0.05, 0) is 46.8 Å². The molecule has 1 aromatic carbocycles. The van der Waals surface area contributed by atoms with Crippen molar-refractivity contribution in [1.82, 2.24) is 0 Å². The van der Waals surface area contributed by atoms with Crippen LogP contribution >= 0.6 is 15.9 Å². The summed E-state index contributed by atoms with van der Waals surface area (Å²) in [5.74, 6) is -0.229. The summed E-state index contributed by atoms with van der Waals surface area (Å²) in [5.41, 5.74) is 6.02. The molecule has 0 heterocycles. The fraction of sp³-hybridized carbons (Fsp3) is 0.417. The molecule has 3 N–H and O–H groups in total. The third-order valence-corrected chi connectivity index (χ3v) is 3.54. The number of hydrogen-bond acceptors (Lipinski definition) is 2. The van der Waals surface area contributed by atoms with Crippen LogP contribution in [-0.2, 0) is 4.79 Å². The standard InChI is InChI=1S/C12H14BrFN2O/c13-8-2-1-3-9(14)12(8)16-11(17)6-10(15)7-4-5-7/h1-3,7,10H,4-6,15H2,(H,16,17). The Labute approximate surface area is 108 Å². The number of nitrogens with two attached hydrogens (primary N) is 1. The number of carbonyl (C=O) groups excluding carboxylic acids is 1. The Morgan fingerprint density at radius 3 is 2.88 bits per heavy atom. The highest BCUT2D eigenvalue weighted by atomic mass is 79.9. The van der Waals surface area contributed by atoms with Crippen LogP contribution in [0.4, 0.5) is 10.1 Å². The van der Waals surface area contributed by atoms with Crippen molar-refractivity contribution in [3.8, 4) is 0 Å². The zero-order valence-electron chi connectivity index (χ0n) is 9.25. The third-order valence-electron chi connectivity index (χ3n) is 2.88. The fourth-order valence-electron chi connectivity index (χ4n) is 1.71. The van der Waals surface area contributed by atoms with Gasteiger partial charge in [-0.15, -0.1) is 0 Å². The van der Waals surface area contributed by atoms with Gasteiger partial charge in [-0.3, -0.25) is 4.79 Å². The van der Waals surface area contributed by atoms with Gasteiger partial charge in [0.05, 0.1) is 5.69 Å². The van der Waals surface area contributed by atoms with Crippen LogP contribution in [-0.4, -0.2) is 11.9 Å². The van der Waals surface area contributed by atoms with E-state index >= 15 is 0 Å². The fourth-order valence-corrected chi connectivity index (χ4v) is 2.15. The lowest BCUT2D eigenvalue weighted by molar-refractivity contribution is -0.116. The van der Waals surface area contributed by atoms with E-state index in [4.69, 9.17) is 5.73 Å². The summed E-state index contributed by atoms with van der Waals surface area (Å²) in [4.78, 5) is 11.7. The summed E-state index contributed by atoms with van der Waals surface area (Å²) in [6, 6.07) is 4.45. The first kappa shape index (κ1) is 12.5. The number of nitrogens with one attached hydrogen (secondary N) is 1. The Morgan fingerprint density at radius 1 is 1.59 bits per heavy atom. The zero-order chi connectivity index (χ0) is 12.4. The number of benzene rings is 1. The molecule has 17 heavy (non-hydrogen) atoms. The minimum Gasteiger partial charge on any atom is -0.327 e. The second-order valence-corrected chi connectivity index (χ2v) is 5.20. The molecule has 0 radical (unpaired) electrons. The van der Waals surface area contributed by atoms with Gasteiger partial charge in [0.25, 0.3) is 0 Å². The summed E-state index contributed by atoms with van der Waals surface area (Å²) in [7, 11) is 0. The number of halogens is 2. The second kappa shape index (κ2) is 5.14. The molecule has 1 amide bonds. The first-order chi connectivity index (χ1) is 8.08. The van der Waals surface area contributed by atoms with Gasteiger partial charge < -0.3 is 11.1 Å². The first-order valence-corrected chi connectivity index (χ1v) is 6.36. The minimum atomic E-state index is -0.451. The van der Waals surface area contributed by atoms with Crippen LogP contribution in [0.2, 0.25) is 0 Å². The summed E-state index contributed by atoms with van der Waals surface area (Å²) in [5, 5.41) is 2.55. The topological polar surface area (TPSA) is 55.1 Å². The highest BCUT2D eigenvalue weighted by Gasteiger charge is 2.30. The van der Waals surface area contributed by atoms with Crippen LogP contribution in [0.1, 0.15) is 19.3 Å². The quantitative estimate of drug-likeness (QED) is 0.898. The van der Waals surface area contributed by atoms with E-state index in [1.807, 2.05) is 0 Å². The summed E-state index contributed by atoms with van der Waals surface area (Å²) < 4.78 is 14.0. The predicted octanol–water partition coefficient (Wildman–Crippen LogP) is 2.65. The molecule has 1 aliphatic rings. The van der Waals surface area contributed by atoms with E-state index in [9.17, 15) is 9.18 Å². The van der Waals surface area contributed by atoms with Crippen molar-refractivity contribution in [1.29, 1.82) is 0 Å². The van der Waals surface area contributed by atoms with Crippen LogP contribution < -0.4 is 11.1 Å². The number of carbonyl (C=O) groups is 1. The van der Waals surface area contributed by atoms with Gasteiger partial charge in [0.2, 0.25) is 5.91 Å². The van der Waals surface area contributed by atoms with Gasteiger partial charge in [0, 0.05) is 16.9 Å². The molecule has 0 aromatic heterocycles. The van der Waals surface area contributed by atoms with Crippen molar-refractivity contribution in [2.24, 2.45) is 11.7 Å². The number of amides is 1. The maximum Gasteiger partial charge on any atom is 0.226 e. The molecule has 0 bridgehead atoms. The minimum absolute atomic E-state index is 0.111. The van der Waals surface area contributed by atoms with Gasteiger partial charge in [-0.1, -0.05) is 6.07 Å². The Bertz CT molecular complexity index is 414. The molecule has 1 aliphatic carbocycles. The van der Waals surface area contributed by atoms with Crippen molar-refractivity contribution >= 4 is 27.5 Å². The van der Waals surface area contributed by atoms with Crippen molar-refractivity contribution in [3.05, 3.63) is 28.5 Å². The van der Waals surface area contributed by atoms with Crippen LogP contribution in [0.3, 0.4) is 0 Å². The number of hydrogen-bond donors (Lipinski definition) is 2. The Hall–Kier alpha value is -0.940. The molecule has 3 nitrogen and oxygen atoms in total. The molecule has 0 spiro atoms. The summed E-state index contributed by atoms with van der Waals surface area (Å²) in [6.07, 6.45) is 2.43. The maximum atomic E-state index is 13.4. The Morgan fingerprint density at radius 2 is 2.29 bits per heavy atom. The average molecular weight is 301 g/mol. The second-order valence-electron chi connectivity index (χ2n) is 4.35. The normalized spacial score (nSPS) is 16.6. The van der Waals surface area contributed by atoms with E-state index in [0.717, 1.165) is 12.8 Å². The molecule has 2 rings (SSSR count). The van der Waals surface area contributed by atoms with E-state index in [0.29, 0.717) is 10.4 Å². The number of para-hydroxylation sites is 1. The SMILES string of the molecule is NC(CC(=O)Nc1c(F)cccc1Br)C1CC1. The van der Waals surface area contributed by atoms with Crippen LogP contribution in [0, 0.1) is 11.7 Å². The van der Waals surface area contributed by atoms with Gasteiger partial charge in [-0.25, -0.2) is 4.39 Å². The molecule has 1 fully saturated rings. The van der Waals surface area contributed by atoms with Crippen molar-refractivity contribution in [2.45, 2.75) is 25.3 Å². The lowest BCUT2D eigenvalue weighted by atomic mass is 10.1. The Kier molecular flexibility index (Phi) is 3.79. The molecule has 0 saturated heterocycles. The van der Waals surface area contributed by atoms with E-state index in [1.165, 1.54) is 6.07 Å². The van der Waals surface area contributed by atoms with Gasteiger partial charge >= 0.3 is 0 Å². The highest BCUT2D eigenvalue weighted by molar-refractivity contribution is 9.10. The lowest BCUT2D eigenvalue weighted by Gasteiger charge is -2.12. The number of anilines is 1. The lowest BCUT2D eigenvalue weighted by Crippen LogP contribution is -2.29. The monoisotopic (exact) mass is 300 g/mol. The van der Waals surface area contributed by atoms with E-state index in [2.05, 4.69) is 21.2 Å². The first-order valence-electron chi connectivity index (χ1n) is 5.57. The molecule has 5 heteroatoms. The molecular weight excluding hydrogens is 287 g/mol. The molecule has 92 valence electrons. The third kappa shape index (κ3) is 3.26. The van der Waals surface area contributed by atoms with Gasteiger partial charge in [-0.2, -0.15) is 0 Å². The van der Waals surface area contributed by atoms with E-state index < -0.39 is 5.82 Å². The van der Waals surface area contributed by atoms with Crippen LogP contribution in [0.5, 0.6) is 0 Å². The largest absolute Gasteiger partial charge is 0.327 e. The van der Waals surface area contributed by atoms with E-state index in [1.54, 1.807) is 12.1 Å². The zero-order valence-corrected chi connectivity index (χ0v) is 10.8. The van der Waals surface area contributed by atoms with Crippen molar-refractivity contribution in [2.75, 3.05) is 5.32 Å². The summed E-state index contributed by atoms with van der Waals surface area (Å²) in [6.45, 7) is 0. The van der Waals surface area contributed by atoms with Crippen molar-refractivity contribution < 1.29 is 9.18 Å². The smallest absolute Gasteiger partial charge is 0.226 e.